The fraction of sp³-hybridized carbons (Fsp3) is 0.267. The summed E-state index contributed by atoms with van der Waals surface area (Å²) in [4.78, 5) is 15.8. The minimum absolute atomic E-state index is 0.0804. The molecule has 2 rings (SSSR count). The van der Waals surface area contributed by atoms with Crippen molar-refractivity contribution in [3.8, 4) is 0 Å². The number of benzene rings is 1. The van der Waals surface area contributed by atoms with Crippen LogP contribution in [0.5, 0.6) is 0 Å². The van der Waals surface area contributed by atoms with Crippen LogP contribution >= 0.6 is 22.6 Å². The Morgan fingerprint density at radius 3 is 2.33 bits per heavy atom. The Morgan fingerprint density at radius 1 is 1.11 bits per heavy atom. The molecule has 2 nitrogen and oxygen atoms in total. The van der Waals surface area contributed by atoms with Crippen LogP contribution in [0, 0.1) is 31.3 Å². The summed E-state index contributed by atoms with van der Waals surface area (Å²) in [5.41, 5.74) is 5.92. The number of aromatic nitrogens is 1. The van der Waals surface area contributed by atoms with Crippen LogP contribution in [0.4, 0.5) is 0 Å². The molecule has 1 aromatic carbocycles. The predicted octanol–water partition coefficient (Wildman–Crippen LogP) is 4.08. The molecule has 0 atom stereocenters. The number of rotatable bonds is 2. The van der Waals surface area contributed by atoms with Crippen LogP contribution in [0.25, 0.3) is 0 Å². The molecular formula is C15H16INO. The van der Waals surface area contributed by atoms with Gasteiger partial charge in [0.15, 0.2) is 0 Å². The molecular weight excluding hydrogens is 337 g/mol. The van der Waals surface area contributed by atoms with E-state index in [1.165, 1.54) is 5.56 Å². The van der Waals surface area contributed by atoms with Crippen LogP contribution in [0.1, 0.15) is 38.4 Å². The van der Waals surface area contributed by atoms with E-state index < -0.39 is 0 Å². The van der Waals surface area contributed by atoms with Crippen molar-refractivity contribution in [2.75, 3.05) is 0 Å². The largest absolute Gasteiger partial charge is 0.356 e. The molecule has 0 saturated heterocycles. The summed E-state index contributed by atoms with van der Waals surface area (Å²) in [6.07, 6.45) is 0. The SMILES string of the molecule is Cc1cccc(C(=O)c2[nH]c(C)c(C)c2C)c1I. The normalized spacial score (nSPS) is 10.7. The Morgan fingerprint density at radius 2 is 1.78 bits per heavy atom. The fourth-order valence-corrected chi connectivity index (χ4v) is 2.63. The van der Waals surface area contributed by atoms with Crippen LogP contribution in [-0.4, -0.2) is 10.8 Å². The van der Waals surface area contributed by atoms with Crippen LogP contribution in [0.3, 0.4) is 0 Å². The molecule has 18 heavy (non-hydrogen) atoms. The average molecular weight is 353 g/mol. The highest BCUT2D eigenvalue weighted by Crippen LogP contribution is 2.23. The Kier molecular flexibility index (Phi) is 3.61. The molecule has 0 aliphatic rings. The van der Waals surface area contributed by atoms with Gasteiger partial charge in [-0.05, 0) is 73.0 Å². The quantitative estimate of drug-likeness (QED) is 0.640. The molecule has 1 aromatic heterocycles. The van der Waals surface area contributed by atoms with Crippen molar-refractivity contribution in [1.29, 1.82) is 0 Å². The monoisotopic (exact) mass is 353 g/mol. The van der Waals surface area contributed by atoms with E-state index in [-0.39, 0.29) is 5.78 Å². The summed E-state index contributed by atoms with van der Waals surface area (Å²) >= 11 is 2.24. The fourth-order valence-electron chi connectivity index (χ4n) is 2.03. The van der Waals surface area contributed by atoms with Crippen LogP contribution in [0.15, 0.2) is 18.2 Å². The number of nitrogens with one attached hydrogen (secondary N) is 1. The first kappa shape index (κ1) is 13.3. The highest BCUT2D eigenvalue weighted by atomic mass is 127. The van der Waals surface area contributed by atoms with Gasteiger partial charge in [0, 0.05) is 14.8 Å². The molecule has 0 aliphatic heterocycles. The van der Waals surface area contributed by atoms with E-state index >= 15 is 0 Å². The maximum atomic E-state index is 12.6. The van der Waals surface area contributed by atoms with Crippen molar-refractivity contribution in [1.82, 2.24) is 4.98 Å². The second-order valence-electron chi connectivity index (χ2n) is 4.64. The van der Waals surface area contributed by atoms with Crippen molar-refractivity contribution in [2.45, 2.75) is 27.7 Å². The van der Waals surface area contributed by atoms with Gasteiger partial charge in [0.05, 0.1) is 5.69 Å². The molecule has 0 fully saturated rings. The topological polar surface area (TPSA) is 32.9 Å². The van der Waals surface area contributed by atoms with Gasteiger partial charge in [-0.25, -0.2) is 0 Å². The second-order valence-corrected chi connectivity index (χ2v) is 5.72. The van der Waals surface area contributed by atoms with Gasteiger partial charge in [-0.15, -0.1) is 0 Å². The van der Waals surface area contributed by atoms with Gasteiger partial charge in [0.25, 0.3) is 0 Å². The highest BCUT2D eigenvalue weighted by molar-refractivity contribution is 14.1. The van der Waals surface area contributed by atoms with Gasteiger partial charge in [0.1, 0.15) is 0 Å². The van der Waals surface area contributed by atoms with E-state index in [2.05, 4.69) is 27.6 Å². The number of aryl methyl sites for hydroxylation is 2. The Hall–Kier alpha value is -1.10. The molecule has 2 aromatic rings. The van der Waals surface area contributed by atoms with Crippen molar-refractivity contribution in [3.05, 3.63) is 55.4 Å². The molecule has 94 valence electrons. The summed E-state index contributed by atoms with van der Waals surface area (Å²) < 4.78 is 1.03. The van der Waals surface area contributed by atoms with E-state index in [9.17, 15) is 4.79 Å². The number of hydrogen-bond donors (Lipinski definition) is 1. The van der Waals surface area contributed by atoms with Crippen molar-refractivity contribution in [2.24, 2.45) is 0 Å². The molecule has 0 bridgehead atoms. The summed E-state index contributed by atoms with van der Waals surface area (Å²) in [5, 5.41) is 0. The number of carbonyl (C=O) groups is 1. The Bertz CT molecular complexity index is 626. The van der Waals surface area contributed by atoms with E-state index in [0.29, 0.717) is 5.69 Å². The number of ketones is 1. The minimum Gasteiger partial charge on any atom is -0.356 e. The third-order valence-electron chi connectivity index (χ3n) is 3.48. The standard InChI is InChI=1S/C15H16INO/c1-8-6-5-7-12(13(8)16)15(18)14-10(3)9(2)11(4)17-14/h5-7,17H,1-4H3. The smallest absolute Gasteiger partial charge is 0.210 e. The van der Waals surface area contributed by atoms with E-state index in [1.807, 2.05) is 45.9 Å². The van der Waals surface area contributed by atoms with Crippen molar-refractivity contribution >= 4 is 28.4 Å². The van der Waals surface area contributed by atoms with Crippen LogP contribution < -0.4 is 0 Å². The zero-order valence-corrected chi connectivity index (χ0v) is 13.2. The Labute approximate surface area is 121 Å². The zero-order valence-electron chi connectivity index (χ0n) is 11.0. The summed E-state index contributed by atoms with van der Waals surface area (Å²) in [7, 11) is 0. The lowest BCUT2D eigenvalue weighted by Crippen LogP contribution is -2.07. The summed E-state index contributed by atoms with van der Waals surface area (Å²) in [6, 6.07) is 5.85. The van der Waals surface area contributed by atoms with Crippen molar-refractivity contribution in [3.63, 3.8) is 0 Å². The van der Waals surface area contributed by atoms with Crippen LogP contribution in [-0.2, 0) is 0 Å². The summed E-state index contributed by atoms with van der Waals surface area (Å²) in [6.45, 7) is 8.06. The first-order valence-electron chi connectivity index (χ1n) is 5.89. The maximum absolute atomic E-state index is 12.6. The van der Waals surface area contributed by atoms with Gasteiger partial charge in [-0.1, -0.05) is 12.1 Å². The third kappa shape index (κ3) is 2.11. The van der Waals surface area contributed by atoms with Crippen molar-refractivity contribution < 1.29 is 4.79 Å². The number of hydrogen-bond acceptors (Lipinski definition) is 1. The Balaban J connectivity index is 2.55. The van der Waals surface area contributed by atoms with E-state index in [1.54, 1.807) is 0 Å². The number of halogens is 1. The molecule has 0 amide bonds. The maximum Gasteiger partial charge on any atom is 0.210 e. The second kappa shape index (κ2) is 4.88. The molecule has 0 aliphatic carbocycles. The van der Waals surface area contributed by atoms with E-state index in [4.69, 9.17) is 0 Å². The number of carbonyl (C=O) groups excluding carboxylic acids is 1. The first-order valence-corrected chi connectivity index (χ1v) is 6.97. The lowest BCUT2D eigenvalue weighted by atomic mass is 10.0. The van der Waals surface area contributed by atoms with Gasteiger partial charge >= 0.3 is 0 Å². The van der Waals surface area contributed by atoms with E-state index in [0.717, 1.165) is 26.0 Å². The van der Waals surface area contributed by atoms with Gasteiger partial charge in [0.2, 0.25) is 5.78 Å². The van der Waals surface area contributed by atoms with Crippen LogP contribution in [0.2, 0.25) is 0 Å². The highest BCUT2D eigenvalue weighted by Gasteiger charge is 2.19. The van der Waals surface area contributed by atoms with Gasteiger partial charge < -0.3 is 4.98 Å². The lowest BCUT2D eigenvalue weighted by Gasteiger charge is -2.06. The zero-order chi connectivity index (χ0) is 13.4. The molecule has 0 saturated carbocycles. The lowest BCUT2D eigenvalue weighted by molar-refractivity contribution is 0.103. The summed E-state index contributed by atoms with van der Waals surface area (Å²) in [5.74, 6) is 0.0804. The van der Waals surface area contributed by atoms with Gasteiger partial charge in [-0.2, -0.15) is 0 Å². The third-order valence-corrected chi connectivity index (χ3v) is 4.91. The molecule has 1 N–H and O–H groups in total. The molecule has 1 heterocycles. The first-order chi connectivity index (χ1) is 8.43. The van der Waals surface area contributed by atoms with Gasteiger partial charge in [-0.3, -0.25) is 4.79 Å². The number of H-pyrrole nitrogens is 1. The minimum atomic E-state index is 0.0804. The average Bonchev–Trinajstić information content (AvgIpc) is 2.60. The predicted molar refractivity (Wildman–Crippen MR) is 82.3 cm³/mol. The molecule has 0 unspecified atom stereocenters. The molecule has 0 spiro atoms. The molecule has 3 heteroatoms. The molecule has 0 radical (unpaired) electrons. The number of aromatic amines is 1.